The number of hydrogen-bond acceptors (Lipinski definition) is 4. The van der Waals surface area contributed by atoms with Gasteiger partial charge in [0.25, 0.3) is 5.91 Å². The Morgan fingerprint density at radius 3 is 2.37 bits per heavy atom. The molecule has 2 aromatic carbocycles. The van der Waals surface area contributed by atoms with E-state index in [1.807, 2.05) is 42.5 Å². The van der Waals surface area contributed by atoms with Gasteiger partial charge in [-0.2, -0.15) is 0 Å². The summed E-state index contributed by atoms with van der Waals surface area (Å²) in [7, 11) is 0. The Bertz CT molecular complexity index is 777. The summed E-state index contributed by atoms with van der Waals surface area (Å²) in [6, 6.07) is 17.0. The van der Waals surface area contributed by atoms with Gasteiger partial charge in [0.15, 0.2) is 18.1 Å². The van der Waals surface area contributed by atoms with Gasteiger partial charge in [0, 0.05) is 13.1 Å². The number of para-hydroxylation sites is 2. The predicted octanol–water partition coefficient (Wildman–Crippen LogP) is 2.97. The number of carbonyl (C=O) groups is 2. The molecule has 3 rings (SSSR count). The van der Waals surface area contributed by atoms with E-state index >= 15 is 0 Å². The topological polar surface area (TPSA) is 76.1 Å². The van der Waals surface area contributed by atoms with Gasteiger partial charge in [0.1, 0.15) is 6.61 Å². The first-order valence-corrected chi connectivity index (χ1v) is 9.02. The maximum atomic E-state index is 12.4. The largest absolute Gasteiger partial charge is 0.485 e. The lowest BCUT2D eigenvalue weighted by molar-refractivity contribution is -0.146. The standard InChI is InChI=1S/C21H23NO5/c23-20(22-12-6-9-17(13-22)21(24)25)15-27-19-11-5-4-10-18(19)26-14-16-7-2-1-3-8-16/h1-5,7-8,10-11,17H,6,9,12-15H2,(H,24,25)/t17-/m0/s1. The highest BCUT2D eigenvalue weighted by Crippen LogP contribution is 2.27. The molecule has 6 nitrogen and oxygen atoms in total. The first kappa shape index (κ1) is 18.8. The Kier molecular flexibility index (Phi) is 6.30. The Labute approximate surface area is 158 Å². The first-order valence-electron chi connectivity index (χ1n) is 9.02. The zero-order valence-corrected chi connectivity index (χ0v) is 15.0. The van der Waals surface area contributed by atoms with Gasteiger partial charge >= 0.3 is 5.97 Å². The number of piperidine rings is 1. The zero-order chi connectivity index (χ0) is 19.1. The summed E-state index contributed by atoms with van der Waals surface area (Å²) < 4.78 is 11.5. The first-order chi connectivity index (χ1) is 13.1. The van der Waals surface area contributed by atoms with Crippen LogP contribution in [0.25, 0.3) is 0 Å². The molecule has 1 fully saturated rings. The van der Waals surface area contributed by atoms with Crippen molar-refractivity contribution in [3.63, 3.8) is 0 Å². The molecule has 0 radical (unpaired) electrons. The van der Waals surface area contributed by atoms with Crippen LogP contribution in [0, 0.1) is 5.92 Å². The number of benzene rings is 2. The van der Waals surface area contributed by atoms with Crippen LogP contribution < -0.4 is 9.47 Å². The summed E-state index contributed by atoms with van der Waals surface area (Å²) in [4.78, 5) is 25.1. The Morgan fingerprint density at radius 2 is 1.67 bits per heavy atom. The Balaban J connectivity index is 1.56. The minimum absolute atomic E-state index is 0.141. The molecule has 1 heterocycles. The van der Waals surface area contributed by atoms with E-state index in [-0.39, 0.29) is 19.1 Å². The van der Waals surface area contributed by atoms with Crippen LogP contribution in [-0.4, -0.2) is 41.6 Å². The zero-order valence-electron chi connectivity index (χ0n) is 15.0. The fourth-order valence-electron chi connectivity index (χ4n) is 3.06. The second kappa shape index (κ2) is 9.07. The smallest absolute Gasteiger partial charge is 0.308 e. The van der Waals surface area contributed by atoms with Gasteiger partial charge in [-0.05, 0) is 30.5 Å². The fraction of sp³-hybridized carbons (Fsp3) is 0.333. The molecule has 0 aromatic heterocycles. The van der Waals surface area contributed by atoms with E-state index in [1.165, 1.54) is 0 Å². The average molecular weight is 369 g/mol. The predicted molar refractivity (Wildman–Crippen MR) is 99.7 cm³/mol. The molecule has 0 unspecified atom stereocenters. The molecular formula is C21H23NO5. The Hall–Kier alpha value is -3.02. The van der Waals surface area contributed by atoms with Crippen molar-refractivity contribution in [1.82, 2.24) is 4.90 Å². The maximum absolute atomic E-state index is 12.4. The summed E-state index contributed by atoms with van der Waals surface area (Å²) in [5.41, 5.74) is 1.04. The third kappa shape index (κ3) is 5.23. The molecule has 6 heteroatoms. The number of carboxylic acid groups (broad SMARTS) is 1. The van der Waals surface area contributed by atoms with Crippen molar-refractivity contribution in [1.29, 1.82) is 0 Å². The van der Waals surface area contributed by atoms with E-state index in [1.54, 1.807) is 17.0 Å². The number of amides is 1. The summed E-state index contributed by atoms with van der Waals surface area (Å²) in [5.74, 6) is -0.499. The number of aliphatic carboxylic acids is 1. The second-order valence-corrected chi connectivity index (χ2v) is 6.53. The van der Waals surface area contributed by atoms with Crippen LogP contribution in [0.4, 0.5) is 0 Å². The summed E-state index contributed by atoms with van der Waals surface area (Å²) >= 11 is 0. The fourth-order valence-corrected chi connectivity index (χ4v) is 3.06. The van der Waals surface area contributed by atoms with Gasteiger partial charge < -0.3 is 19.5 Å². The number of carbonyl (C=O) groups excluding carboxylic acids is 1. The van der Waals surface area contributed by atoms with Crippen molar-refractivity contribution in [2.75, 3.05) is 19.7 Å². The normalized spacial score (nSPS) is 16.6. The molecule has 1 atom stereocenters. The van der Waals surface area contributed by atoms with E-state index in [4.69, 9.17) is 14.6 Å². The van der Waals surface area contributed by atoms with E-state index < -0.39 is 11.9 Å². The maximum Gasteiger partial charge on any atom is 0.308 e. The number of nitrogens with zero attached hydrogens (tertiary/aromatic N) is 1. The molecule has 0 bridgehead atoms. The Morgan fingerprint density at radius 1 is 1.00 bits per heavy atom. The van der Waals surface area contributed by atoms with Crippen LogP contribution >= 0.6 is 0 Å². The van der Waals surface area contributed by atoms with Crippen molar-refractivity contribution in [2.45, 2.75) is 19.4 Å². The van der Waals surface area contributed by atoms with Crippen LogP contribution in [0.5, 0.6) is 11.5 Å². The highest BCUT2D eigenvalue weighted by molar-refractivity contribution is 5.79. The van der Waals surface area contributed by atoms with E-state index in [0.717, 1.165) is 5.56 Å². The number of ether oxygens (including phenoxy) is 2. The monoisotopic (exact) mass is 369 g/mol. The van der Waals surface area contributed by atoms with Crippen LogP contribution in [0.3, 0.4) is 0 Å². The second-order valence-electron chi connectivity index (χ2n) is 6.53. The van der Waals surface area contributed by atoms with Gasteiger partial charge in [-0.3, -0.25) is 9.59 Å². The molecule has 1 N–H and O–H groups in total. The number of rotatable bonds is 7. The van der Waals surface area contributed by atoms with Gasteiger partial charge in [-0.1, -0.05) is 42.5 Å². The molecule has 1 amide bonds. The molecule has 142 valence electrons. The molecule has 0 spiro atoms. The van der Waals surface area contributed by atoms with Crippen molar-refractivity contribution in [2.24, 2.45) is 5.92 Å². The average Bonchev–Trinajstić information content (AvgIpc) is 2.72. The van der Waals surface area contributed by atoms with Crippen LogP contribution in [0.15, 0.2) is 54.6 Å². The van der Waals surface area contributed by atoms with Crippen molar-refractivity contribution in [3.05, 3.63) is 60.2 Å². The van der Waals surface area contributed by atoms with E-state index in [2.05, 4.69) is 0 Å². The molecule has 1 aliphatic rings. The SMILES string of the molecule is O=C(O)[C@H]1CCCN(C(=O)COc2ccccc2OCc2ccccc2)C1. The van der Waals surface area contributed by atoms with Crippen LogP contribution in [0.2, 0.25) is 0 Å². The van der Waals surface area contributed by atoms with Crippen molar-refractivity contribution >= 4 is 11.9 Å². The summed E-state index contributed by atoms with van der Waals surface area (Å²) in [6.45, 7) is 1.07. The quantitative estimate of drug-likeness (QED) is 0.812. The molecule has 27 heavy (non-hydrogen) atoms. The van der Waals surface area contributed by atoms with E-state index in [0.29, 0.717) is 37.5 Å². The van der Waals surface area contributed by atoms with Gasteiger partial charge in [0.2, 0.25) is 0 Å². The summed E-state index contributed by atoms with van der Waals surface area (Å²) in [5, 5.41) is 9.15. The van der Waals surface area contributed by atoms with Crippen LogP contribution in [0.1, 0.15) is 18.4 Å². The molecule has 2 aromatic rings. The lowest BCUT2D eigenvalue weighted by atomic mass is 9.98. The van der Waals surface area contributed by atoms with E-state index in [9.17, 15) is 9.59 Å². The minimum atomic E-state index is -0.854. The van der Waals surface area contributed by atoms with Crippen molar-refractivity contribution < 1.29 is 24.2 Å². The number of hydrogen-bond donors (Lipinski definition) is 1. The summed E-state index contributed by atoms with van der Waals surface area (Å²) in [6.07, 6.45) is 1.30. The number of likely N-dealkylation sites (tertiary alicyclic amines) is 1. The third-order valence-electron chi connectivity index (χ3n) is 4.56. The van der Waals surface area contributed by atoms with Crippen molar-refractivity contribution in [3.8, 4) is 11.5 Å². The van der Waals surface area contributed by atoms with Crippen LogP contribution in [-0.2, 0) is 16.2 Å². The van der Waals surface area contributed by atoms with Gasteiger partial charge in [0.05, 0.1) is 5.92 Å². The highest BCUT2D eigenvalue weighted by Gasteiger charge is 2.28. The van der Waals surface area contributed by atoms with Gasteiger partial charge in [-0.15, -0.1) is 0 Å². The molecule has 1 aliphatic heterocycles. The molecule has 1 saturated heterocycles. The minimum Gasteiger partial charge on any atom is -0.485 e. The molecule has 0 aliphatic carbocycles. The van der Waals surface area contributed by atoms with Gasteiger partial charge in [-0.25, -0.2) is 0 Å². The number of carboxylic acids is 1. The molecule has 0 saturated carbocycles. The molecular weight excluding hydrogens is 346 g/mol. The third-order valence-corrected chi connectivity index (χ3v) is 4.56. The highest BCUT2D eigenvalue weighted by atomic mass is 16.5. The lowest BCUT2D eigenvalue weighted by Gasteiger charge is -2.30. The lowest BCUT2D eigenvalue weighted by Crippen LogP contribution is -2.44.